The Morgan fingerprint density at radius 3 is 2.60 bits per heavy atom. The summed E-state index contributed by atoms with van der Waals surface area (Å²) >= 11 is 0. The van der Waals surface area contributed by atoms with E-state index in [2.05, 4.69) is 18.6 Å². The summed E-state index contributed by atoms with van der Waals surface area (Å²) in [5.74, 6) is 0.286. The summed E-state index contributed by atoms with van der Waals surface area (Å²) in [6.07, 6.45) is 3.97. The molecule has 1 fully saturated rings. The first kappa shape index (κ1) is 17.0. The number of hydrogen-bond acceptors (Lipinski definition) is 4. The van der Waals surface area contributed by atoms with E-state index in [1.165, 1.54) is 7.11 Å². The van der Waals surface area contributed by atoms with Gasteiger partial charge in [0.15, 0.2) is 0 Å². The number of amides is 1. The molecule has 116 valence electrons. The van der Waals surface area contributed by atoms with Gasteiger partial charge in [0.2, 0.25) is 5.91 Å². The van der Waals surface area contributed by atoms with Crippen molar-refractivity contribution in [3.63, 3.8) is 0 Å². The van der Waals surface area contributed by atoms with Gasteiger partial charge in [-0.2, -0.15) is 0 Å². The van der Waals surface area contributed by atoms with Crippen LogP contribution >= 0.6 is 0 Å². The van der Waals surface area contributed by atoms with E-state index in [-0.39, 0.29) is 30.3 Å². The van der Waals surface area contributed by atoms with Crippen molar-refractivity contribution in [2.45, 2.75) is 52.0 Å². The molecular formula is C15H28N2O3. The number of nitrogens with zero attached hydrogens (tertiary/aromatic N) is 1. The van der Waals surface area contributed by atoms with Gasteiger partial charge in [0, 0.05) is 25.0 Å². The summed E-state index contributed by atoms with van der Waals surface area (Å²) in [4.78, 5) is 25.7. The standard InChI is InChI=1S/C15H28N2O3/c1-11(2)10-17(8-7-14(18)20-3)15(19)12-5-4-6-13(16)9-12/h11-13H,4-10,16H2,1-3H3. The molecule has 20 heavy (non-hydrogen) atoms. The van der Waals surface area contributed by atoms with Crippen LogP contribution in [0.1, 0.15) is 46.0 Å². The Morgan fingerprint density at radius 1 is 1.35 bits per heavy atom. The van der Waals surface area contributed by atoms with Crippen molar-refractivity contribution >= 4 is 11.9 Å². The molecule has 2 N–H and O–H groups in total. The molecule has 2 unspecified atom stereocenters. The van der Waals surface area contributed by atoms with Gasteiger partial charge in [0.1, 0.15) is 0 Å². The highest BCUT2D eigenvalue weighted by molar-refractivity contribution is 5.79. The van der Waals surface area contributed by atoms with E-state index in [0.29, 0.717) is 19.0 Å². The zero-order chi connectivity index (χ0) is 15.1. The molecule has 2 atom stereocenters. The molecule has 1 amide bonds. The smallest absolute Gasteiger partial charge is 0.307 e. The van der Waals surface area contributed by atoms with Crippen molar-refractivity contribution in [2.24, 2.45) is 17.6 Å². The van der Waals surface area contributed by atoms with E-state index in [1.54, 1.807) is 0 Å². The molecule has 0 saturated heterocycles. The Kier molecular flexibility index (Phi) is 6.99. The van der Waals surface area contributed by atoms with Crippen molar-refractivity contribution in [3.8, 4) is 0 Å². The van der Waals surface area contributed by atoms with Gasteiger partial charge >= 0.3 is 5.97 Å². The summed E-state index contributed by atoms with van der Waals surface area (Å²) in [5, 5.41) is 0. The van der Waals surface area contributed by atoms with Gasteiger partial charge in [0.25, 0.3) is 0 Å². The van der Waals surface area contributed by atoms with Crippen molar-refractivity contribution in [2.75, 3.05) is 20.2 Å². The molecule has 5 nitrogen and oxygen atoms in total. The van der Waals surface area contributed by atoms with E-state index >= 15 is 0 Å². The second-order valence-corrected chi connectivity index (χ2v) is 6.13. The fraction of sp³-hybridized carbons (Fsp3) is 0.867. The lowest BCUT2D eigenvalue weighted by Gasteiger charge is -2.32. The summed E-state index contributed by atoms with van der Waals surface area (Å²) in [6, 6.07) is 0.138. The molecule has 0 aromatic carbocycles. The second kappa shape index (κ2) is 8.25. The number of hydrogen-bond donors (Lipinski definition) is 1. The molecule has 0 aromatic rings. The molecule has 1 aliphatic carbocycles. The highest BCUT2D eigenvalue weighted by Gasteiger charge is 2.29. The summed E-state index contributed by atoms with van der Waals surface area (Å²) in [6.45, 7) is 5.27. The van der Waals surface area contributed by atoms with Crippen LogP contribution in [0.15, 0.2) is 0 Å². The lowest BCUT2D eigenvalue weighted by atomic mass is 9.85. The first-order valence-corrected chi connectivity index (χ1v) is 7.55. The lowest BCUT2D eigenvalue weighted by molar-refractivity contribution is -0.143. The Balaban J connectivity index is 2.60. The Labute approximate surface area is 121 Å². The monoisotopic (exact) mass is 284 g/mol. The molecule has 5 heteroatoms. The Bertz CT molecular complexity index is 331. The predicted octanol–water partition coefficient (Wildman–Crippen LogP) is 1.55. The largest absolute Gasteiger partial charge is 0.469 e. The Morgan fingerprint density at radius 2 is 2.05 bits per heavy atom. The highest BCUT2D eigenvalue weighted by Crippen LogP contribution is 2.25. The minimum atomic E-state index is -0.271. The third kappa shape index (κ3) is 5.49. The van der Waals surface area contributed by atoms with Gasteiger partial charge in [-0.05, 0) is 25.2 Å². The van der Waals surface area contributed by atoms with Gasteiger partial charge < -0.3 is 15.4 Å². The highest BCUT2D eigenvalue weighted by atomic mass is 16.5. The van der Waals surface area contributed by atoms with Crippen molar-refractivity contribution in [3.05, 3.63) is 0 Å². The molecule has 0 radical (unpaired) electrons. The number of esters is 1. The van der Waals surface area contributed by atoms with E-state index in [4.69, 9.17) is 5.73 Å². The minimum absolute atomic E-state index is 0.0233. The predicted molar refractivity (Wildman–Crippen MR) is 78.0 cm³/mol. The van der Waals surface area contributed by atoms with Crippen LogP contribution in [-0.2, 0) is 14.3 Å². The molecule has 0 spiro atoms. The second-order valence-electron chi connectivity index (χ2n) is 6.13. The number of carbonyl (C=O) groups excluding carboxylic acids is 2. The van der Waals surface area contributed by atoms with E-state index in [9.17, 15) is 9.59 Å². The van der Waals surface area contributed by atoms with Crippen LogP contribution < -0.4 is 5.73 Å². The molecule has 1 saturated carbocycles. The normalized spacial score (nSPS) is 22.6. The maximum absolute atomic E-state index is 12.6. The first-order valence-electron chi connectivity index (χ1n) is 7.55. The first-order chi connectivity index (χ1) is 9.43. The van der Waals surface area contributed by atoms with Crippen LogP contribution in [0.25, 0.3) is 0 Å². The van der Waals surface area contributed by atoms with Gasteiger partial charge in [-0.15, -0.1) is 0 Å². The summed E-state index contributed by atoms with van der Waals surface area (Å²) in [5.41, 5.74) is 5.96. The maximum atomic E-state index is 12.6. The molecule has 0 aromatic heterocycles. The number of carbonyl (C=O) groups is 2. The number of rotatable bonds is 6. The minimum Gasteiger partial charge on any atom is -0.469 e. The molecule has 1 rings (SSSR count). The molecule has 0 bridgehead atoms. The van der Waals surface area contributed by atoms with Crippen molar-refractivity contribution in [1.29, 1.82) is 0 Å². The number of methoxy groups -OCH3 is 1. The zero-order valence-electron chi connectivity index (χ0n) is 12.9. The Hall–Kier alpha value is -1.10. The average molecular weight is 284 g/mol. The average Bonchev–Trinajstić information content (AvgIpc) is 2.41. The van der Waals surface area contributed by atoms with Crippen LogP contribution in [0.3, 0.4) is 0 Å². The van der Waals surface area contributed by atoms with Gasteiger partial charge in [-0.25, -0.2) is 0 Å². The molecular weight excluding hydrogens is 256 g/mol. The van der Waals surface area contributed by atoms with E-state index < -0.39 is 0 Å². The topological polar surface area (TPSA) is 72.6 Å². The molecule has 0 aliphatic heterocycles. The number of ether oxygens (including phenoxy) is 1. The van der Waals surface area contributed by atoms with Crippen LogP contribution in [0.5, 0.6) is 0 Å². The van der Waals surface area contributed by atoms with E-state index in [0.717, 1.165) is 25.7 Å². The van der Waals surface area contributed by atoms with Crippen LogP contribution in [0, 0.1) is 11.8 Å². The van der Waals surface area contributed by atoms with Crippen molar-refractivity contribution < 1.29 is 14.3 Å². The fourth-order valence-corrected chi connectivity index (χ4v) is 2.77. The number of nitrogens with two attached hydrogens (primary N) is 1. The maximum Gasteiger partial charge on any atom is 0.307 e. The third-order valence-corrected chi connectivity index (χ3v) is 3.77. The van der Waals surface area contributed by atoms with Gasteiger partial charge in [0.05, 0.1) is 13.5 Å². The van der Waals surface area contributed by atoms with Crippen LogP contribution in [0.2, 0.25) is 0 Å². The lowest BCUT2D eigenvalue weighted by Crippen LogP contribution is -2.43. The molecule has 1 aliphatic rings. The van der Waals surface area contributed by atoms with Crippen molar-refractivity contribution in [1.82, 2.24) is 4.90 Å². The van der Waals surface area contributed by atoms with Crippen LogP contribution in [0.4, 0.5) is 0 Å². The quantitative estimate of drug-likeness (QED) is 0.751. The fourth-order valence-electron chi connectivity index (χ4n) is 2.77. The van der Waals surface area contributed by atoms with Crippen LogP contribution in [-0.4, -0.2) is 43.0 Å². The van der Waals surface area contributed by atoms with Gasteiger partial charge in [-0.1, -0.05) is 20.3 Å². The third-order valence-electron chi connectivity index (χ3n) is 3.77. The zero-order valence-corrected chi connectivity index (χ0v) is 12.9. The summed E-state index contributed by atoms with van der Waals surface area (Å²) in [7, 11) is 1.37. The molecule has 0 heterocycles. The van der Waals surface area contributed by atoms with E-state index in [1.807, 2.05) is 4.90 Å². The van der Waals surface area contributed by atoms with Gasteiger partial charge in [-0.3, -0.25) is 9.59 Å². The summed E-state index contributed by atoms with van der Waals surface area (Å²) < 4.78 is 4.65. The SMILES string of the molecule is COC(=O)CCN(CC(C)C)C(=O)C1CCCC(N)C1.